The van der Waals surface area contributed by atoms with Gasteiger partial charge in [-0.2, -0.15) is 0 Å². The smallest absolute Gasteiger partial charge is 0.0932 e. The number of aliphatic hydroxyl groups is 2. The Hall–Kier alpha value is -1.34. The predicted molar refractivity (Wildman–Crippen MR) is 63.6 cm³/mol. The molecule has 0 fully saturated rings. The third kappa shape index (κ3) is 4.03. The van der Waals surface area contributed by atoms with Crippen LogP contribution < -0.4 is 5.32 Å². The summed E-state index contributed by atoms with van der Waals surface area (Å²) in [5, 5.41) is 21.5. The topological polar surface area (TPSA) is 52.5 Å². The van der Waals surface area contributed by atoms with Crippen LogP contribution in [0.15, 0.2) is 30.3 Å². The summed E-state index contributed by atoms with van der Waals surface area (Å²) >= 11 is 0. The van der Waals surface area contributed by atoms with Crippen LogP contribution in [0.3, 0.4) is 0 Å². The normalized spacial score (nSPS) is 14.1. The van der Waals surface area contributed by atoms with Gasteiger partial charge in [-0.15, -0.1) is 12.3 Å². The van der Waals surface area contributed by atoms with Gasteiger partial charge in [0.1, 0.15) is 0 Å². The van der Waals surface area contributed by atoms with Crippen molar-refractivity contribution < 1.29 is 10.2 Å². The maximum atomic E-state index is 9.52. The Balaban J connectivity index is 2.47. The van der Waals surface area contributed by atoms with Crippen LogP contribution in [-0.4, -0.2) is 29.0 Å². The minimum absolute atomic E-state index is 0.268. The highest BCUT2D eigenvalue weighted by molar-refractivity contribution is 5.14. The summed E-state index contributed by atoms with van der Waals surface area (Å²) in [6.07, 6.45) is 4.79. The Bertz CT molecular complexity index is 332. The van der Waals surface area contributed by atoms with E-state index >= 15 is 0 Å². The lowest BCUT2D eigenvalue weighted by Gasteiger charge is -2.20. The molecular weight excluding hydrogens is 202 g/mol. The van der Waals surface area contributed by atoms with Gasteiger partial charge in [-0.25, -0.2) is 0 Å². The number of aliphatic hydroxyl groups excluding tert-OH is 2. The van der Waals surface area contributed by atoms with Gasteiger partial charge in [-0.3, -0.25) is 0 Å². The van der Waals surface area contributed by atoms with Crippen molar-refractivity contribution in [2.75, 3.05) is 6.61 Å². The largest absolute Gasteiger partial charge is 0.394 e. The Morgan fingerprint density at radius 2 is 2.00 bits per heavy atom. The molecule has 3 heteroatoms. The highest BCUT2D eigenvalue weighted by Crippen LogP contribution is 2.02. The Morgan fingerprint density at radius 3 is 2.56 bits per heavy atom. The monoisotopic (exact) mass is 219 g/mol. The number of benzene rings is 1. The van der Waals surface area contributed by atoms with E-state index in [0.29, 0.717) is 13.0 Å². The summed E-state index contributed by atoms with van der Waals surface area (Å²) in [6.45, 7) is 0.346. The number of terminal acetylenes is 1. The molecule has 1 aromatic rings. The lowest BCUT2D eigenvalue weighted by Crippen LogP contribution is -2.41. The molecule has 0 amide bonds. The molecule has 0 radical (unpaired) electrons. The molecule has 0 spiro atoms. The fourth-order valence-electron chi connectivity index (χ4n) is 1.44. The second-order valence-corrected chi connectivity index (χ2v) is 3.63. The highest BCUT2D eigenvalue weighted by Gasteiger charge is 2.16. The number of hydrogen-bond acceptors (Lipinski definition) is 3. The number of hydrogen-bond donors (Lipinski definition) is 3. The third-order valence-corrected chi connectivity index (χ3v) is 2.40. The van der Waals surface area contributed by atoms with Crippen molar-refractivity contribution in [3.8, 4) is 12.3 Å². The summed E-state index contributed by atoms with van der Waals surface area (Å²) in [5.41, 5.74) is 1.12. The van der Waals surface area contributed by atoms with E-state index in [9.17, 15) is 5.11 Å². The average molecular weight is 219 g/mol. The first-order valence-electron chi connectivity index (χ1n) is 5.27. The van der Waals surface area contributed by atoms with Crippen molar-refractivity contribution in [2.24, 2.45) is 0 Å². The Morgan fingerprint density at radius 1 is 1.31 bits per heavy atom. The third-order valence-electron chi connectivity index (χ3n) is 2.40. The van der Waals surface area contributed by atoms with Gasteiger partial charge >= 0.3 is 0 Å². The van der Waals surface area contributed by atoms with E-state index in [1.807, 2.05) is 30.3 Å². The van der Waals surface area contributed by atoms with E-state index < -0.39 is 6.10 Å². The summed E-state index contributed by atoms with van der Waals surface area (Å²) in [7, 11) is 0. The van der Waals surface area contributed by atoms with Crippen LogP contribution >= 0.6 is 0 Å². The first-order valence-corrected chi connectivity index (χ1v) is 5.27. The zero-order valence-electron chi connectivity index (χ0n) is 9.13. The van der Waals surface area contributed by atoms with E-state index in [-0.39, 0.29) is 12.6 Å². The second-order valence-electron chi connectivity index (χ2n) is 3.63. The van der Waals surface area contributed by atoms with Gasteiger partial charge < -0.3 is 15.5 Å². The first kappa shape index (κ1) is 12.7. The van der Waals surface area contributed by atoms with Crippen LogP contribution in [-0.2, 0) is 6.54 Å². The zero-order chi connectivity index (χ0) is 11.8. The molecule has 0 unspecified atom stereocenters. The van der Waals surface area contributed by atoms with E-state index in [1.54, 1.807) is 0 Å². The number of rotatable bonds is 6. The van der Waals surface area contributed by atoms with Crippen LogP contribution in [0.1, 0.15) is 12.0 Å². The van der Waals surface area contributed by atoms with Crippen LogP contribution in [0.5, 0.6) is 0 Å². The molecule has 3 N–H and O–H groups in total. The molecule has 0 saturated heterocycles. The van der Waals surface area contributed by atoms with Crippen molar-refractivity contribution in [1.82, 2.24) is 5.32 Å². The van der Waals surface area contributed by atoms with Crippen LogP contribution in [0, 0.1) is 12.3 Å². The SMILES string of the molecule is C#CC[C@H](NCc1ccccc1)[C@H](O)CO. The molecule has 1 rings (SSSR count). The lowest BCUT2D eigenvalue weighted by atomic mass is 10.1. The highest BCUT2D eigenvalue weighted by atomic mass is 16.3. The van der Waals surface area contributed by atoms with Crippen LogP contribution in [0.25, 0.3) is 0 Å². The van der Waals surface area contributed by atoms with Gasteiger partial charge in [-0.1, -0.05) is 30.3 Å². The summed E-state index contributed by atoms with van der Waals surface area (Å²) in [6, 6.07) is 9.57. The predicted octanol–water partition coefficient (Wildman–Crippen LogP) is 0.521. The van der Waals surface area contributed by atoms with Crippen molar-refractivity contribution in [3.63, 3.8) is 0 Å². The van der Waals surface area contributed by atoms with Crippen molar-refractivity contribution in [3.05, 3.63) is 35.9 Å². The van der Waals surface area contributed by atoms with Crippen LogP contribution in [0.2, 0.25) is 0 Å². The lowest BCUT2D eigenvalue weighted by molar-refractivity contribution is 0.0636. The molecule has 0 aromatic heterocycles. The van der Waals surface area contributed by atoms with E-state index in [1.165, 1.54) is 0 Å². The maximum absolute atomic E-state index is 9.52. The zero-order valence-corrected chi connectivity index (χ0v) is 9.13. The maximum Gasteiger partial charge on any atom is 0.0932 e. The second kappa shape index (κ2) is 7.02. The molecule has 0 aliphatic carbocycles. The van der Waals surface area contributed by atoms with Crippen LogP contribution in [0.4, 0.5) is 0 Å². The fourth-order valence-corrected chi connectivity index (χ4v) is 1.44. The average Bonchev–Trinajstić information content (AvgIpc) is 2.34. The molecule has 0 aliphatic heterocycles. The minimum Gasteiger partial charge on any atom is -0.394 e. The van der Waals surface area contributed by atoms with Crippen molar-refractivity contribution in [1.29, 1.82) is 0 Å². The van der Waals surface area contributed by atoms with Gasteiger partial charge in [0.15, 0.2) is 0 Å². The molecule has 0 bridgehead atoms. The molecule has 0 heterocycles. The quantitative estimate of drug-likeness (QED) is 0.611. The Labute approximate surface area is 96.1 Å². The van der Waals surface area contributed by atoms with Gasteiger partial charge in [-0.05, 0) is 5.56 Å². The first-order chi connectivity index (χ1) is 7.77. The summed E-state index contributed by atoms with van der Waals surface area (Å²) in [4.78, 5) is 0. The standard InChI is InChI=1S/C13H17NO2/c1-2-6-12(13(16)10-15)14-9-11-7-4-3-5-8-11/h1,3-5,7-8,12-16H,6,9-10H2/t12-,13+/m0/s1. The Kier molecular flexibility index (Phi) is 5.58. The molecule has 3 nitrogen and oxygen atoms in total. The van der Waals surface area contributed by atoms with E-state index in [0.717, 1.165) is 5.56 Å². The van der Waals surface area contributed by atoms with Gasteiger partial charge in [0, 0.05) is 19.0 Å². The van der Waals surface area contributed by atoms with Gasteiger partial charge in [0.25, 0.3) is 0 Å². The molecular formula is C13H17NO2. The fraction of sp³-hybridized carbons (Fsp3) is 0.385. The molecule has 0 aliphatic rings. The number of nitrogens with one attached hydrogen (secondary N) is 1. The van der Waals surface area contributed by atoms with E-state index in [4.69, 9.17) is 11.5 Å². The van der Waals surface area contributed by atoms with Gasteiger partial charge in [0.2, 0.25) is 0 Å². The summed E-state index contributed by atoms with van der Waals surface area (Å²) < 4.78 is 0. The molecule has 2 atom stereocenters. The molecule has 16 heavy (non-hydrogen) atoms. The minimum atomic E-state index is -0.820. The molecule has 1 aromatic carbocycles. The van der Waals surface area contributed by atoms with Crippen molar-refractivity contribution in [2.45, 2.75) is 25.1 Å². The summed E-state index contributed by atoms with van der Waals surface area (Å²) in [5.74, 6) is 2.49. The van der Waals surface area contributed by atoms with E-state index in [2.05, 4.69) is 11.2 Å². The molecule has 86 valence electrons. The van der Waals surface area contributed by atoms with Gasteiger partial charge in [0.05, 0.1) is 12.7 Å². The molecule has 0 saturated carbocycles. The van der Waals surface area contributed by atoms with Crippen molar-refractivity contribution >= 4 is 0 Å².